The van der Waals surface area contributed by atoms with Crippen molar-refractivity contribution in [3.8, 4) is 5.75 Å². The Labute approximate surface area is 117 Å². The van der Waals surface area contributed by atoms with Gasteiger partial charge in [-0.25, -0.2) is 0 Å². The molecule has 0 amide bonds. The van der Waals surface area contributed by atoms with Gasteiger partial charge in [-0.1, -0.05) is 26.3 Å². The molecule has 0 heterocycles. The van der Waals surface area contributed by atoms with Crippen molar-refractivity contribution >= 4 is 0 Å². The van der Waals surface area contributed by atoms with Gasteiger partial charge in [0, 0.05) is 6.04 Å². The first-order valence-corrected chi connectivity index (χ1v) is 7.67. The first-order valence-electron chi connectivity index (χ1n) is 7.67. The molecule has 0 bridgehead atoms. The minimum atomic E-state index is 0.675. The highest BCUT2D eigenvalue weighted by atomic mass is 16.5. The smallest absolute Gasteiger partial charge is 0.119 e. The van der Waals surface area contributed by atoms with Crippen LogP contribution in [0.2, 0.25) is 0 Å². The molecule has 0 fully saturated rings. The Bertz CT molecular complexity index is 396. The fourth-order valence-electron chi connectivity index (χ4n) is 3.31. The summed E-state index contributed by atoms with van der Waals surface area (Å²) in [6.07, 6.45) is 6.29. The van der Waals surface area contributed by atoms with Crippen molar-refractivity contribution in [2.24, 2.45) is 5.92 Å². The third-order valence-electron chi connectivity index (χ3n) is 4.32. The van der Waals surface area contributed by atoms with Gasteiger partial charge in [0.25, 0.3) is 0 Å². The maximum atomic E-state index is 5.36. The van der Waals surface area contributed by atoms with Crippen LogP contribution in [0.3, 0.4) is 0 Å². The summed E-state index contributed by atoms with van der Waals surface area (Å²) >= 11 is 0. The third-order valence-corrected chi connectivity index (χ3v) is 4.32. The molecule has 1 aromatic rings. The molecule has 1 N–H and O–H groups in total. The molecular formula is C17H27NO. The van der Waals surface area contributed by atoms with Gasteiger partial charge in [-0.3, -0.25) is 0 Å². The Hall–Kier alpha value is -1.02. The molecule has 19 heavy (non-hydrogen) atoms. The summed E-state index contributed by atoms with van der Waals surface area (Å²) in [5, 5.41) is 3.68. The average Bonchev–Trinajstić information content (AvgIpc) is 2.46. The van der Waals surface area contributed by atoms with E-state index in [0.717, 1.165) is 18.2 Å². The van der Waals surface area contributed by atoms with Crippen LogP contribution < -0.4 is 10.1 Å². The number of methoxy groups -OCH3 is 1. The predicted molar refractivity (Wildman–Crippen MR) is 80.9 cm³/mol. The normalized spacial score (nSPS) is 19.8. The van der Waals surface area contributed by atoms with E-state index in [9.17, 15) is 0 Å². The zero-order valence-electron chi connectivity index (χ0n) is 12.5. The van der Waals surface area contributed by atoms with E-state index in [-0.39, 0.29) is 0 Å². The highest BCUT2D eigenvalue weighted by Crippen LogP contribution is 2.31. The molecular weight excluding hydrogens is 234 g/mol. The monoisotopic (exact) mass is 261 g/mol. The molecule has 1 aliphatic rings. The van der Waals surface area contributed by atoms with Crippen molar-refractivity contribution < 1.29 is 4.74 Å². The van der Waals surface area contributed by atoms with Gasteiger partial charge in [-0.15, -0.1) is 0 Å². The van der Waals surface area contributed by atoms with E-state index >= 15 is 0 Å². The van der Waals surface area contributed by atoms with Gasteiger partial charge in [0.05, 0.1) is 7.11 Å². The molecule has 0 saturated heterocycles. The second kappa shape index (κ2) is 6.95. The number of hydrogen-bond donors (Lipinski definition) is 1. The third kappa shape index (κ3) is 3.50. The topological polar surface area (TPSA) is 21.3 Å². The summed E-state index contributed by atoms with van der Waals surface area (Å²) in [5.74, 6) is 1.77. The zero-order valence-corrected chi connectivity index (χ0v) is 12.5. The number of hydrogen-bond acceptors (Lipinski definition) is 2. The van der Waals surface area contributed by atoms with E-state index in [1.165, 1.54) is 43.2 Å². The van der Waals surface area contributed by atoms with E-state index in [4.69, 9.17) is 4.74 Å². The van der Waals surface area contributed by atoms with Crippen LogP contribution in [0.1, 0.15) is 44.2 Å². The fourth-order valence-corrected chi connectivity index (χ4v) is 3.31. The van der Waals surface area contributed by atoms with Crippen LogP contribution in [0, 0.1) is 5.92 Å². The second-order valence-corrected chi connectivity index (χ2v) is 5.59. The molecule has 0 saturated carbocycles. The van der Waals surface area contributed by atoms with Crippen molar-refractivity contribution in [3.05, 3.63) is 29.3 Å². The number of benzene rings is 1. The maximum Gasteiger partial charge on any atom is 0.119 e. The summed E-state index contributed by atoms with van der Waals surface area (Å²) in [7, 11) is 1.75. The maximum absolute atomic E-state index is 5.36. The molecule has 2 unspecified atom stereocenters. The van der Waals surface area contributed by atoms with Crippen molar-refractivity contribution in [1.82, 2.24) is 5.32 Å². The van der Waals surface area contributed by atoms with Gasteiger partial charge in [0.1, 0.15) is 5.75 Å². The number of aryl methyl sites for hydroxylation is 1. The lowest BCUT2D eigenvalue weighted by Crippen LogP contribution is -2.38. The average molecular weight is 261 g/mol. The van der Waals surface area contributed by atoms with E-state index in [1.807, 2.05) is 0 Å². The highest BCUT2D eigenvalue weighted by molar-refractivity contribution is 5.37. The Balaban J connectivity index is 2.10. The number of fused-ring (bicyclic) bond motifs is 1. The van der Waals surface area contributed by atoms with Gasteiger partial charge in [0.15, 0.2) is 0 Å². The van der Waals surface area contributed by atoms with Crippen molar-refractivity contribution in [1.29, 1.82) is 0 Å². The molecule has 1 aliphatic carbocycles. The zero-order chi connectivity index (χ0) is 13.7. The Morgan fingerprint density at radius 1 is 1.32 bits per heavy atom. The van der Waals surface area contributed by atoms with Crippen LogP contribution in [-0.2, 0) is 12.8 Å². The molecule has 0 spiro atoms. The van der Waals surface area contributed by atoms with Gasteiger partial charge in [-0.2, -0.15) is 0 Å². The number of ether oxygens (including phenoxy) is 1. The van der Waals surface area contributed by atoms with Gasteiger partial charge < -0.3 is 10.1 Å². The van der Waals surface area contributed by atoms with Crippen LogP contribution in [0.4, 0.5) is 0 Å². The Morgan fingerprint density at radius 3 is 2.84 bits per heavy atom. The minimum absolute atomic E-state index is 0.675. The van der Waals surface area contributed by atoms with E-state index in [0.29, 0.717) is 6.04 Å². The summed E-state index contributed by atoms with van der Waals surface area (Å²) in [6.45, 7) is 5.57. The second-order valence-electron chi connectivity index (χ2n) is 5.59. The van der Waals surface area contributed by atoms with Gasteiger partial charge in [-0.05, 0) is 61.4 Å². The molecule has 0 aromatic heterocycles. The van der Waals surface area contributed by atoms with E-state index in [1.54, 1.807) is 7.11 Å². The molecule has 2 nitrogen and oxygen atoms in total. The molecule has 0 aliphatic heterocycles. The largest absolute Gasteiger partial charge is 0.497 e. The van der Waals surface area contributed by atoms with Crippen LogP contribution in [0.5, 0.6) is 5.75 Å². The van der Waals surface area contributed by atoms with Crippen molar-refractivity contribution in [2.45, 2.75) is 52.0 Å². The van der Waals surface area contributed by atoms with Crippen LogP contribution in [-0.4, -0.2) is 19.7 Å². The quantitative estimate of drug-likeness (QED) is 0.845. The van der Waals surface area contributed by atoms with Crippen LogP contribution in [0.15, 0.2) is 18.2 Å². The summed E-state index contributed by atoms with van der Waals surface area (Å²) < 4.78 is 5.36. The lowest BCUT2D eigenvalue weighted by atomic mass is 9.78. The standard InChI is InChI=1S/C17H27NO/c1-4-6-17(18-5-2)14-8-7-13-9-10-16(19-3)12-15(13)11-14/h9-10,12,14,17-18H,4-8,11H2,1-3H3. The van der Waals surface area contributed by atoms with Crippen molar-refractivity contribution in [2.75, 3.05) is 13.7 Å². The summed E-state index contributed by atoms with van der Waals surface area (Å²) in [6, 6.07) is 7.24. The SMILES string of the molecule is CCCC(NCC)C1CCc2ccc(OC)cc2C1. The molecule has 2 rings (SSSR count). The van der Waals surface area contributed by atoms with E-state index in [2.05, 4.69) is 37.4 Å². The molecule has 1 aromatic carbocycles. The van der Waals surface area contributed by atoms with Gasteiger partial charge >= 0.3 is 0 Å². The number of rotatable bonds is 6. The highest BCUT2D eigenvalue weighted by Gasteiger charge is 2.25. The van der Waals surface area contributed by atoms with Crippen molar-refractivity contribution in [3.63, 3.8) is 0 Å². The lowest BCUT2D eigenvalue weighted by molar-refractivity contribution is 0.306. The predicted octanol–water partition coefficient (Wildman–Crippen LogP) is 3.58. The minimum Gasteiger partial charge on any atom is -0.497 e. The number of nitrogens with one attached hydrogen (secondary N) is 1. The molecule has 106 valence electrons. The molecule has 0 radical (unpaired) electrons. The fraction of sp³-hybridized carbons (Fsp3) is 0.647. The Kier molecular flexibility index (Phi) is 5.26. The van der Waals surface area contributed by atoms with Crippen LogP contribution >= 0.6 is 0 Å². The molecule has 2 heteroatoms. The van der Waals surface area contributed by atoms with Gasteiger partial charge in [0.2, 0.25) is 0 Å². The van der Waals surface area contributed by atoms with Crippen LogP contribution in [0.25, 0.3) is 0 Å². The molecule has 2 atom stereocenters. The Morgan fingerprint density at radius 2 is 2.16 bits per heavy atom. The first kappa shape index (κ1) is 14.4. The summed E-state index contributed by atoms with van der Waals surface area (Å²) in [5.41, 5.74) is 3.01. The summed E-state index contributed by atoms with van der Waals surface area (Å²) in [4.78, 5) is 0. The van der Waals surface area contributed by atoms with E-state index < -0.39 is 0 Å². The first-order chi connectivity index (χ1) is 9.28. The lowest BCUT2D eigenvalue weighted by Gasteiger charge is -2.32.